The zero-order valence-electron chi connectivity index (χ0n) is 10.9. The molecular formula is C13H24N2O2. The number of amides is 1. The van der Waals surface area contributed by atoms with Crippen molar-refractivity contribution in [3.63, 3.8) is 0 Å². The summed E-state index contributed by atoms with van der Waals surface area (Å²) in [5, 5.41) is 3.45. The van der Waals surface area contributed by atoms with E-state index in [-0.39, 0.29) is 18.1 Å². The Bertz CT molecular complexity index is 266. The van der Waals surface area contributed by atoms with Crippen LogP contribution in [0.15, 0.2) is 0 Å². The Morgan fingerprint density at radius 3 is 2.88 bits per heavy atom. The molecule has 2 fully saturated rings. The molecule has 1 N–H and O–H groups in total. The Morgan fingerprint density at radius 1 is 1.47 bits per heavy atom. The number of rotatable bonds is 6. The molecule has 1 aliphatic heterocycles. The van der Waals surface area contributed by atoms with Crippen molar-refractivity contribution in [2.45, 2.75) is 57.7 Å². The molecular weight excluding hydrogens is 216 g/mol. The number of hydrogen-bond donors (Lipinski definition) is 1. The fourth-order valence-corrected chi connectivity index (χ4v) is 2.46. The number of carbonyl (C=O) groups is 1. The van der Waals surface area contributed by atoms with Gasteiger partial charge in [0.05, 0.1) is 12.1 Å². The van der Waals surface area contributed by atoms with Crippen molar-refractivity contribution in [2.75, 3.05) is 19.7 Å². The molecule has 2 aliphatic rings. The van der Waals surface area contributed by atoms with Gasteiger partial charge in [-0.05, 0) is 39.5 Å². The lowest BCUT2D eigenvalue weighted by Crippen LogP contribution is -2.52. The summed E-state index contributed by atoms with van der Waals surface area (Å²) >= 11 is 0. The molecule has 0 aromatic rings. The van der Waals surface area contributed by atoms with Crippen molar-refractivity contribution >= 4 is 5.91 Å². The Morgan fingerprint density at radius 2 is 2.24 bits per heavy atom. The summed E-state index contributed by atoms with van der Waals surface area (Å²) in [5.41, 5.74) is 0. The van der Waals surface area contributed by atoms with Crippen LogP contribution in [0, 0.1) is 0 Å². The van der Waals surface area contributed by atoms with E-state index in [0.717, 1.165) is 25.9 Å². The molecule has 0 aromatic carbocycles. The van der Waals surface area contributed by atoms with Crippen LogP contribution in [0.2, 0.25) is 0 Å². The maximum Gasteiger partial charge on any atom is 0.239 e. The molecule has 0 aromatic heterocycles. The summed E-state index contributed by atoms with van der Waals surface area (Å²) in [7, 11) is 0. The fraction of sp³-hybridized carbons (Fsp3) is 0.923. The van der Waals surface area contributed by atoms with Gasteiger partial charge in [-0.25, -0.2) is 0 Å². The third-order valence-electron chi connectivity index (χ3n) is 3.47. The van der Waals surface area contributed by atoms with Crippen molar-refractivity contribution in [2.24, 2.45) is 0 Å². The highest BCUT2D eigenvalue weighted by atomic mass is 16.5. The molecule has 4 nitrogen and oxygen atoms in total. The lowest BCUT2D eigenvalue weighted by atomic mass is 10.0. The van der Waals surface area contributed by atoms with Crippen LogP contribution in [0.25, 0.3) is 0 Å². The molecule has 4 heteroatoms. The highest BCUT2D eigenvalue weighted by Crippen LogP contribution is 2.22. The summed E-state index contributed by atoms with van der Waals surface area (Å²) in [4.78, 5) is 14.2. The molecule has 98 valence electrons. The lowest BCUT2D eigenvalue weighted by molar-refractivity contribution is -0.138. The molecule has 0 bridgehead atoms. The van der Waals surface area contributed by atoms with Gasteiger partial charge in [-0.1, -0.05) is 0 Å². The average molecular weight is 240 g/mol. The number of ether oxygens (including phenoxy) is 1. The number of carbonyl (C=O) groups excluding carboxylic acids is 1. The van der Waals surface area contributed by atoms with Gasteiger partial charge in [-0.3, -0.25) is 4.79 Å². The van der Waals surface area contributed by atoms with Gasteiger partial charge in [0, 0.05) is 25.7 Å². The van der Waals surface area contributed by atoms with E-state index in [1.165, 1.54) is 12.8 Å². The second-order valence-corrected chi connectivity index (χ2v) is 5.19. The smallest absolute Gasteiger partial charge is 0.239 e. The zero-order valence-corrected chi connectivity index (χ0v) is 10.9. The molecule has 2 rings (SSSR count). The SMILES string of the molecule is CCOC(C)CN1CCCC(NC2CC2)C1=O. The second-order valence-electron chi connectivity index (χ2n) is 5.19. The van der Waals surface area contributed by atoms with Crippen LogP contribution in [0.4, 0.5) is 0 Å². The normalized spacial score (nSPS) is 27.3. The number of hydrogen-bond acceptors (Lipinski definition) is 3. The van der Waals surface area contributed by atoms with Gasteiger partial charge in [-0.2, -0.15) is 0 Å². The van der Waals surface area contributed by atoms with Crippen LogP contribution in [0.1, 0.15) is 39.5 Å². The quantitative estimate of drug-likeness (QED) is 0.757. The number of piperidine rings is 1. The third-order valence-corrected chi connectivity index (χ3v) is 3.47. The number of nitrogens with one attached hydrogen (secondary N) is 1. The van der Waals surface area contributed by atoms with Crippen LogP contribution in [-0.4, -0.2) is 48.7 Å². The first-order valence-electron chi connectivity index (χ1n) is 6.87. The Balaban J connectivity index is 1.81. The maximum absolute atomic E-state index is 12.2. The van der Waals surface area contributed by atoms with E-state index in [1.54, 1.807) is 0 Å². The van der Waals surface area contributed by atoms with Crippen LogP contribution >= 0.6 is 0 Å². The largest absolute Gasteiger partial charge is 0.377 e. The Labute approximate surface area is 104 Å². The standard InChI is InChI=1S/C13H24N2O2/c1-3-17-10(2)9-15-8-4-5-12(13(15)16)14-11-6-7-11/h10-12,14H,3-9H2,1-2H3. The molecule has 0 radical (unpaired) electrons. The molecule has 1 aliphatic carbocycles. The highest BCUT2D eigenvalue weighted by Gasteiger charge is 2.33. The monoisotopic (exact) mass is 240 g/mol. The van der Waals surface area contributed by atoms with Gasteiger partial charge >= 0.3 is 0 Å². The number of nitrogens with zero attached hydrogens (tertiary/aromatic N) is 1. The molecule has 1 saturated heterocycles. The molecule has 2 atom stereocenters. The van der Waals surface area contributed by atoms with E-state index in [9.17, 15) is 4.79 Å². The predicted octanol–water partition coefficient (Wildman–Crippen LogP) is 1.15. The molecule has 2 unspecified atom stereocenters. The van der Waals surface area contributed by atoms with E-state index in [2.05, 4.69) is 5.32 Å². The first-order valence-corrected chi connectivity index (χ1v) is 6.87. The summed E-state index contributed by atoms with van der Waals surface area (Å²) in [6.07, 6.45) is 4.71. The minimum Gasteiger partial charge on any atom is -0.377 e. The molecule has 1 saturated carbocycles. The van der Waals surface area contributed by atoms with E-state index < -0.39 is 0 Å². The summed E-state index contributed by atoms with van der Waals surface area (Å²) in [6.45, 7) is 6.36. The van der Waals surface area contributed by atoms with Gasteiger partial charge < -0.3 is 15.0 Å². The Kier molecular flexibility index (Phi) is 4.40. The van der Waals surface area contributed by atoms with Gasteiger partial charge in [0.2, 0.25) is 5.91 Å². The first kappa shape index (κ1) is 12.8. The minimum absolute atomic E-state index is 0.0603. The van der Waals surface area contributed by atoms with Gasteiger partial charge in [0.1, 0.15) is 0 Å². The van der Waals surface area contributed by atoms with Crippen molar-refractivity contribution in [3.8, 4) is 0 Å². The summed E-state index contributed by atoms with van der Waals surface area (Å²) in [5.74, 6) is 0.273. The van der Waals surface area contributed by atoms with Crippen LogP contribution in [0.5, 0.6) is 0 Å². The van der Waals surface area contributed by atoms with Crippen molar-refractivity contribution < 1.29 is 9.53 Å². The molecule has 17 heavy (non-hydrogen) atoms. The van der Waals surface area contributed by atoms with E-state index in [0.29, 0.717) is 12.6 Å². The Hall–Kier alpha value is -0.610. The summed E-state index contributed by atoms with van der Waals surface area (Å²) < 4.78 is 5.51. The molecule has 1 amide bonds. The highest BCUT2D eigenvalue weighted by molar-refractivity contribution is 5.82. The predicted molar refractivity (Wildman–Crippen MR) is 66.8 cm³/mol. The van der Waals surface area contributed by atoms with Crippen molar-refractivity contribution in [1.82, 2.24) is 10.2 Å². The maximum atomic E-state index is 12.2. The fourth-order valence-electron chi connectivity index (χ4n) is 2.46. The van der Waals surface area contributed by atoms with E-state index in [1.807, 2.05) is 18.7 Å². The summed E-state index contributed by atoms with van der Waals surface area (Å²) in [6, 6.07) is 0.665. The first-order chi connectivity index (χ1) is 8.20. The molecule has 0 spiro atoms. The minimum atomic E-state index is 0.0603. The van der Waals surface area contributed by atoms with Gasteiger partial charge in [0.25, 0.3) is 0 Å². The van der Waals surface area contributed by atoms with Crippen LogP contribution in [0.3, 0.4) is 0 Å². The number of likely N-dealkylation sites (tertiary alicyclic amines) is 1. The van der Waals surface area contributed by atoms with E-state index >= 15 is 0 Å². The van der Waals surface area contributed by atoms with Crippen molar-refractivity contribution in [1.29, 1.82) is 0 Å². The van der Waals surface area contributed by atoms with E-state index in [4.69, 9.17) is 4.74 Å². The van der Waals surface area contributed by atoms with Gasteiger partial charge in [-0.15, -0.1) is 0 Å². The van der Waals surface area contributed by atoms with Crippen molar-refractivity contribution in [3.05, 3.63) is 0 Å². The van der Waals surface area contributed by atoms with Gasteiger partial charge in [0.15, 0.2) is 0 Å². The average Bonchev–Trinajstić information content (AvgIpc) is 3.08. The van der Waals surface area contributed by atoms with Crippen LogP contribution < -0.4 is 5.32 Å². The zero-order chi connectivity index (χ0) is 12.3. The second kappa shape index (κ2) is 5.83. The topological polar surface area (TPSA) is 41.6 Å². The third kappa shape index (κ3) is 3.68. The molecule has 1 heterocycles. The van der Waals surface area contributed by atoms with Crippen LogP contribution in [-0.2, 0) is 9.53 Å². The lowest BCUT2D eigenvalue weighted by Gasteiger charge is -2.34.